The number of aliphatic imine (C=N–C) groups is 1. The van der Waals surface area contributed by atoms with E-state index >= 15 is 0 Å². The molecule has 0 aliphatic rings. The van der Waals surface area contributed by atoms with E-state index in [0.717, 1.165) is 22.2 Å². The zero-order chi connectivity index (χ0) is 17.7. The van der Waals surface area contributed by atoms with Gasteiger partial charge in [-0.15, -0.1) is 0 Å². The molecule has 0 fully saturated rings. The molecule has 23 heavy (non-hydrogen) atoms. The molecule has 1 amide bonds. The summed E-state index contributed by atoms with van der Waals surface area (Å²) in [6.07, 6.45) is 0. The van der Waals surface area contributed by atoms with E-state index in [1.165, 1.54) is 0 Å². The van der Waals surface area contributed by atoms with E-state index < -0.39 is 11.9 Å². The van der Waals surface area contributed by atoms with Gasteiger partial charge in [0.2, 0.25) is 0 Å². The minimum atomic E-state index is -0.936. The average molecular weight is 655 g/mol. The third-order valence-electron chi connectivity index (χ3n) is 3.03. The van der Waals surface area contributed by atoms with Gasteiger partial charge in [0.1, 0.15) is 0 Å². The van der Waals surface area contributed by atoms with Crippen molar-refractivity contribution in [3.05, 3.63) is 22.3 Å². The van der Waals surface area contributed by atoms with Crippen LogP contribution in [0.15, 0.2) is 11.1 Å². The van der Waals surface area contributed by atoms with E-state index in [4.69, 9.17) is 5.11 Å². The van der Waals surface area contributed by atoms with E-state index in [0.29, 0.717) is 5.56 Å². The number of amides is 1. The number of carboxylic acid groups (broad SMARTS) is 1. The lowest BCUT2D eigenvalue weighted by molar-refractivity contribution is -0.140. The second-order valence-corrected chi connectivity index (χ2v) is 8.19. The maximum atomic E-state index is 12.5. The van der Waals surface area contributed by atoms with Gasteiger partial charge in [-0.2, -0.15) is 0 Å². The monoisotopic (exact) mass is 655 g/mol. The first-order valence-electron chi connectivity index (χ1n) is 6.57. The van der Waals surface area contributed by atoms with Crippen LogP contribution in [0.5, 0.6) is 0 Å². The quantitative estimate of drug-likeness (QED) is 0.258. The Bertz CT molecular complexity index is 662. The average Bonchev–Trinajstić information content (AvgIpc) is 2.48. The van der Waals surface area contributed by atoms with Gasteiger partial charge in [0.25, 0.3) is 5.91 Å². The number of benzene rings is 1. The molecular formula is C14H16I3N3O3. The number of carbonyl (C=O) groups excluding carboxylic acids is 1. The highest BCUT2D eigenvalue weighted by atomic mass is 127. The summed E-state index contributed by atoms with van der Waals surface area (Å²) in [5.74, 6) is -1.11. The Morgan fingerprint density at radius 1 is 1.30 bits per heavy atom. The lowest BCUT2D eigenvalue weighted by Gasteiger charge is -2.16. The fraction of sp³-hybridized carbons (Fsp3) is 0.357. The van der Waals surface area contributed by atoms with Crippen molar-refractivity contribution in [2.75, 3.05) is 18.9 Å². The molecule has 1 aromatic rings. The van der Waals surface area contributed by atoms with Crippen LogP contribution in [0.1, 0.15) is 24.2 Å². The summed E-state index contributed by atoms with van der Waals surface area (Å²) in [6, 6.07) is 1.91. The fourth-order valence-corrected chi connectivity index (χ4v) is 5.70. The lowest BCUT2D eigenvalue weighted by atomic mass is 10.1. The minimum absolute atomic E-state index is 0.0878. The number of nitrogens with zero attached hydrogens (tertiary/aromatic N) is 1. The van der Waals surface area contributed by atoms with Crippen LogP contribution in [-0.4, -0.2) is 36.4 Å². The number of halogens is 3. The first-order valence-corrected chi connectivity index (χ1v) is 9.81. The van der Waals surface area contributed by atoms with Gasteiger partial charge < -0.3 is 15.7 Å². The van der Waals surface area contributed by atoms with Crippen LogP contribution in [0.4, 0.5) is 5.69 Å². The number of aliphatic carboxylic acids is 1. The maximum Gasteiger partial charge on any atom is 0.308 e. The SMILES string of the molecule is CN=C(C)Nc1c(I)cc(I)c(C(=O)NCC(C)C(=O)O)c1I. The number of hydrogen-bond acceptors (Lipinski definition) is 3. The summed E-state index contributed by atoms with van der Waals surface area (Å²) >= 11 is 6.44. The molecule has 0 heterocycles. The van der Waals surface area contributed by atoms with Crippen molar-refractivity contribution in [2.24, 2.45) is 10.9 Å². The molecule has 0 bridgehead atoms. The molecule has 126 valence electrons. The predicted molar refractivity (Wildman–Crippen MR) is 116 cm³/mol. The summed E-state index contributed by atoms with van der Waals surface area (Å²) in [5, 5.41) is 14.8. The highest BCUT2D eigenvalue weighted by molar-refractivity contribution is 14.1. The molecule has 0 spiro atoms. The van der Waals surface area contributed by atoms with Gasteiger partial charge in [0.05, 0.1) is 26.6 Å². The summed E-state index contributed by atoms with van der Waals surface area (Å²) in [4.78, 5) is 27.4. The fourth-order valence-electron chi connectivity index (χ4n) is 1.57. The zero-order valence-corrected chi connectivity index (χ0v) is 19.2. The number of anilines is 1. The molecule has 3 N–H and O–H groups in total. The van der Waals surface area contributed by atoms with Crippen molar-refractivity contribution < 1.29 is 14.7 Å². The molecule has 1 rings (SSSR count). The lowest BCUT2D eigenvalue weighted by Crippen LogP contribution is -2.32. The summed E-state index contributed by atoms with van der Waals surface area (Å²) in [5.41, 5.74) is 1.36. The second-order valence-electron chi connectivity index (χ2n) is 4.79. The Kier molecular flexibility index (Phi) is 8.47. The highest BCUT2D eigenvalue weighted by Crippen LogP contribution is 2.31. The normalized spacial score (nSPS) is 12.7. The third kappa shape index (κ3) is 5.69. The van der Waals surface area contributed by atoms with E-state index in [-0.39, 0.29) is 12.5 Å². The molecule has 1 atom stereocenters. The predicted octanol–water partition coefficient (Wildman–Crippen LogP) is 3.41. The van der Waals surface area contributed by atoms with Crippen LogP contribution in [0, 0.1) is 16.6 Å². The molecular weight excluding hydrogens is 639 g/mol. The van der Waals surface area contributed by atoms with Gasteiger partial charge >= 0.3 is 5.97 Å². The summed E-state index contributed by atoms with van der Waals surface area (Å²) in [7, 11) is 1.69. The topological polar surface area (TPSA) is 90.8 Å². The molecule has 0 saturated carbocycles. The van der Waals surface area contributed by atoms with Gasteiger partial charge in [0.15, 0.2) is 0 Å². The van der Waals surface area contributed by atoms with Gasteiger partial charge in [-0.05, 0) is 80.8 Å². The molecule has 0 aliphatic carbocycles. The molecule has 9 heteroatoms. The Morgan fingerprint density at radius 3 is 2.43 bits per heavy atom. The molecule has 1 aromatic carbocycles. The molecule has 0 aromatic heterocycles. The highest BCUT2D eigenvalue weighted by Gasteiger charge is 2.21. The first-order chi connectivity index (χ1) is 10.7. The number of nitrogens with one attached hydrogen (secondary N) is 2. The van der Waals surface area contributed by atoms with Crippen LogP contribution in [0.2, 0.25) is 0 Å². The number of rotatable bonds is 5. The summed E-state index contributed by atoms with van der Waals surface area (Å²) < 4.78 is 2.57. The Labute approximate surface area is 175 Å². The Morgan fingerprint density at radius 2 is 1.91 bits per heavy atom. The first kappa shape index (κ1) is 20.9. The minimum Gasteiger partial charge on any atom is -0.481 e. The number of carbonyl (C=O) groups is 2. The number of carboxylic acids is 1. The van der Waals surface area contributed by atoms with Crippen molar-refractivity contribution in [2.45, 2.75) is 13.8 Å². The molecule has 1 unspecified atom stereocenters. The number of amidine groups is 1. The smallest absolute Gasteiger partial charge is 0.308 e. The Hall–Kier alpha value is -0.180. The van der Waals surface area contributed by atoms with Crippen LogP contribution in [-0.2, 0) is 4.79 Å². The number of hydrogen-bond donors (Lipinski definition) is 3. The van der Waals surface area contributed by atoms with Crippen molar-refractivity contribution >= 4 is 91.2 Å². The molecule has 6 nitrogen and oxygen atoms in total. The van der Waals surface area contributed by atoms with E-state index in [2.05, 4.69) is 83.4 Å². The van der Waals surface area contributed by atoms with Gasteiger partial charge in [-0.25, -0.2) is 0 Å². The van der Waals surface area contributed by atoms with Crippen LogP contribution >= 0.6 is 67.8 Å². The molecule has 0 radical (unpaired) electrons. The largest absolute Gasteiger partial charge is 0.481 e. The van der Waals surface area contributed by atoms with Gasteiger partial charge in [0, 0.05) is 20.7 Å². The molecule has 0 aliphatic heterocycles. The summed E-state index contributed by atoms with van der Waals surface area (Å²) in [6.45, 7) is 3.49. The van der Waals surface area contributed by atoms with Crippen molar-refractivity contribution in [1.29, 1.82) is 0 Å². The standard InChI is InChI=1S/C14H16I3N3O3/c1-6(14(22)23)5-19-13(21)10-8(15)4-9(16)12(11(10)17)20-7(2)18-3/h4,6H,5H2,1-3H3,(H,18,20)(H,19,21)(H,22,23). The van der Waals surface area contributed by atoms with Crippen LogP contribution < -0.4 is 10.6 Å². The van der Waals surface area contributed by atoms with E-state index in [1.807, 2.05) is 13.0 Å². The van der Waals surface area contributed by atoms with Crippen LogP contribution in [0.25, 0.3) is 0 Å². The van der Waals surface area contributed by atoms with E-state index in [1.54, 1.807) is 14.0 Å². The van der Waals surface area contributed by atoms with Crippen molar-refractivity contribution in [3.63, 3.8) is 0 Å². The van der Waals surface area contributed by atoms with Crippen molar-refractivity contribution in [3.8, 4) is 0 Å². The van der Waals surface area contributed by atoms with Crippen LogP contribution in [0.3, 0.4) is 0 Å². The third-order valence-corrected chi connectivity index (χ3v) is 5.81. The van der Waals surface area contributed by atoms with Crippen molar-refractivity contribution in [1.82, 2.24) is 5.32 Å². The van der Waals surface area contributed by atoms with Gasteiger partial charge in [-0.3, -0.25) is 14.6 Å². The second kappa shape index (κ2) is 9.34. The maximum absolute atomic E-state index is 12.5. The molecule has 0 saturated heterocycles. The van der Waals surface area contributed by atoms with E-state index in [9.17, 15) is 9.59 Å². The zero-order valence-electron chi connectivity index (χ0n) is 12.7. The Balaban J connectivity index is 3.13. The van der Waals surface area contributed by atoms with Gasteiger partial charge in [-0.1, -0.05) is 6.92 Å².